The zero-order chi connectivity index (χ0) is 16.5. The van der Waals surface area contributed by atoms with Gasteiger partial charge in [0.25, 0.3) is 0 Å². The molecule has 1 aliphatic carbocycles. The molecule has 0 aromatic heterocycles. The zero-order valence-electron chi connectivity index (χ0n) is 15.0. The van der Waals surface area contributed by atoms with Crippen molar-refractivity contribution in [3.63, 3.8) is 0 Å². The van der Waals surface area contributed by atoms with Crippen LogP contribution in [0.25, 0.3) is 0 Å². The number of carbonyl (C=O) groups is 1. The molecular weight excluding hydrogens is 288 g/mol. The summed E-state index contributed by atoms with van der Waals surface area (Å²) < 4.78 is 0. The van der Waals surface area contributed by atoms with E-state index in [-0.39, 0.29) is 6.03 Å². The Morgan fingerprint density at radius 3 is 2.65 bits per heavy atom. The van der Waals surface area contributed by atoms with Crippen LogP contribution in [-0.4, -0.2) is 80.6 Å². The van der Waals surface area contributed by atoms with Crippen LogP contribution in [0.15, 0.2) is 11.6 Å². The van der Waals surface area contributed by atoms with E-state index in [4.69, 9.17) is 0 Å². The van der Waals surface area contributed by atoms with E-state index in [0.29, 0.717) is 0 Å². The minimum Gasteiger partial charge on any atom is -0.338 e. The van der Waals surface area contributed by atoms with Crippen LogP contribution in [0.4, 0.5) is 4.79 Å². The third kappa shape index (κ3) is 6.92. The molecule has 0 radical (unpaired) electrons. The van der Waals surface area contributed by atoms with Gasteiger partial charge < -0.3 is 15.1 Å². The number of amides is 2. The van der Waals surface area contributed by atoms with Gasteiger partial charge in [-0.3, -0.25) is 4.90 Å². The molecule has 0 spiro atoms. The van der Waals surface area contributed by atoms with Gasteiger partial charge in [0.2, 0.25) is 0 Å². The summed E-state index contributed by atoms with van der Waals surface area (Å²) in [6.45, 7) is 6.79. The van der Waals surface area contributed by atoms with Crippen LogP contribution in [0.3, 0.4) is 0 Å². The van der Waals surface area contributed by atoms with Crippen molar-refractivity contribution in [2.75, 3.05) is 59.9 Å². The molecule has 1 aliphatic heterocycles. The maximum absolute atomic E-state index is 12.2. The third-order valence-electron chi connectivity index (χ3n) is 4.85. The molecule has 0 aromatic carbocycles. The number of nitrogens with zero attached hydrogens (tertiary/aromatic N) is 3. The summed E-state index contributed by atoms with van der Waals surface area (Å²) in [6, 6.07) is 0.120. The number of nitrogens with one attached hydrogen (secondary N) is 1. The molecule has 0 unspecified atom stereocenters. The van der Waals surface area contributed by atoms with E-state index in [9.17, 15) is 4.79 Å². The molecule has 1 fully saturated rings. The van der Waals surface area contributed by atoms with Crippen LogP contribution < -0.4 is 5.32 Å². The van der Waals surface area contributed by atoms with Gasteiger partial charge in [-0.2, -0.15) is 0 Å². The molecular formula is C18H34N4O. The predicted octanol–water partition coefficient (Wildman–Crippen LogP) is 2.16. The molecule has 2 rings (SSSR count). The lowest BCUT2D eigenvalue weighted by molar-refractivity contribution is 0.136. The molecule has 5 heteroatoms. The Kier molecular flexibility index (Phi) is 7.89. The maximum atomic E-state index is 12.2. The summed E-state index contributed by atoms with van der Waals surface area (Å²) in [5.74, 6) is 0. The first-order valence-corrected chi connectivity index (χ1v) is 9.23. The van der Waals surface area contributed by atoms with Crippen molar-refractivity contribution in [2.45, 2.75) is 38.5 Å². The molecule has 132 valence electrons. The standard InChI is InChI=1S/C18H34N4O/c1-20(2)11-6-12-21-13-15-22(16-14-21)18(23)19-10-9-17-7-4-3-5-8-17/h7H,3-6,8-16H2,1-2H3,(H,19,23). The summed E-state index contributed by atoms with van der Waals surface area (Å²) in [5.41, 5.74) is 1.53. The Morgan fingerprint density at radius 2 is 2.00 bits per heavy atom. The Balaban J connectivity index is 1.57. The average molecular weight is 322 g/mol. The quantitative estimate of drug-likeness (QED) is 0.730. The van der Waals surface area contributed by atoms with E-state index >= 15 is 0 Å². The number of piperazine rings is 1. The molecule has 5 nitrogen and oxygen atoms in total. The monoisotopic (exact) mass is 322 g/mol. The second-order valence-electron chi connectivity index (χ2n) is 7.08. The van der Waals surface area contributed by atoms with Crippen molar-refractivity contribution in [1.82, 2.24) is 20.0 Å². The number of rotatable bonds is 7. The van der Waals surface area contributed by atoms with E-state index in [0.717, 1.165) is 52.2 Å². The molecule has 0 atom stereocenters. The maximum Gasteiger partial charge on any atom is 0.317 e. The number of hydrogen-bond acceptors (Lipinski definition) is 3. The SMILES string of the molecule is CN(C)CCCN1CCN(C(=O)NCCC2=CCCCC2)CC1. The Bertz CT molecular complexity index is 386. The van der Waals surface area contributed by atoms with E-state index < -0.39 is 0 Å². The van der Waals surface area contributed by atoms with E-state index in [2.05, 4.69) is 35.3 Å². The molecule has 0 aromatic rings. The average Bonchev–Trinajstić information content (AvgIpc) is 2.56. The van der Waals surface area contributed by atoms with Crippen molar-refractivity contribution in [1.29, 1.82) is 0 Å². The minimum atomic E-state index is 0.120. The first-order valence-electron chi connectivity index (χ1n) is 9.23. The van der Waals surface area contributed by atoms with E-state index in [1.54, 1.807) is 0 Å². The number of allylic oxidation sites excluding steroid dienone is 1. The highest BCUT2D eigenvalue weighted by molar-refractivity contribution is 5.74. The highest BCUT2D eigenvalue weighted by atomic mass is 16.2. The Labute approximate surface area is 141 Å². The van der Waals surface area contributed by atoms with Crippen molar-refractivity contribution < 1.29 is 4.79 Å². The summed E-state index contributed by atoms with van der Waals surface area (Å²) in [6.07, 6.45) is 9.68. The highest BCUT2D eigenvalue weighted by Crippen LogP contribution is 2.19. The molecule has 0 saturated carbocycles. The van der Waals surface area contributed by atoms with Crippen molar-refractivity contribution in [2.24, 2.45) is 0 Å². The van der Waals surface area contributed by atoms with Gasteiger partial charge in [-0.05, 0) is 65.7 Å². The number of urea groups is 1. The zero-order valence-corrected chi connectivity index (χ0v) is 15.0. The van der Waals surface area contributed by atoms with Crippen molar-refractivity contribution in [3.8, 4) is 0 Å². The van der Waals surface area contributed by atoms with Gasteiger partial charge in [0.15, 0.2) is 0 Å². The predicted molar refractivity (Wildman–Crippen MR) is 95.8 cm³/mol. The van der Waals surface area contributed by atoms with Gasteiger partial charge in [-0.1, -0.05) is 11.6 Å². The third-order valence-corrected chi connectivity index (χ3v) is 4.85. The Morgan fingerprint density at radius 1 is 1.22 bits per heavy atom. The summed E-state index contributed by atoms with van der Waals surface area (Å²) in [4.78, 5) is 18.9. The highest BCUT2D eigenvalue weighted by Gasteiger charge is 2.20. The summed E-state index contributed by atoms with van der Waals surface area (Å²) in [5, 5.41) is 3.09. The molecule has 2 amide bonds. The lowest BCUT2D eigenvalue weighted by atomic mass is 9.97. The number of carbonyl (C=O) groups excluding carboxylic acids is 1. The normalized spacial score (nSPS) is 19.8. The lowest BCUT2D eigenvalue weighted by Gasteiger charge is -2.34. The fourth-order valence-corrected chi connectivity index (χ4v) is 3.36. The van der Waals surface area contributed by atoms with Crippen LogP contribution in [0, 0.1) is 0 Å². The number of hydrogen-bond donors (Lipinski definition) is 1. The fraction of sp³-hybridized carbons (Fsp3) is 0.833. The molecule has 0 bridgehead atoms. The summed E-state index contributed by atoms with van der Waals surface area (Å²) in [7, 11) is 4.23. The molecule has 2 aliphatic rings. The van der Waals surface area contributed by atoms with Crippen molar-refractivity contribution >= 4 is 6.03 Å². The molecule has 1 heterocycles. The first-order chi connectivity index (χ1) is 11.1. The second kappa shape index (κ2) is 9.93. The van der Waals surface area contributed by atoms with Crippen LogP contribution in [-0.2, 0) is 0 Å². The fourth-order valence-electron chi connectivity index (χ4n) is 3.36. The Hall–Kier alpha value is -1.07. The largest absolute Gasteiger partial charge is 0.338 e. The van der Waals surface area contributed by atoms with Crippen molar-refractivity contribution in [3.05, 3.63) is 11.6 Å². The lowest BCUT2D eigenvalue weighted by Crippen LogP contribution is -2.52. The van der Waals surface area contributed by atoms with Crippen LogP contribution in [0.1, 0.15) is 38.5 Å². The van der Waals surface area contributed by atoms with Gasteiger partial charge in [0, 0.05) is 32.7 Å². The van der Waals surface area contributed by atoms with E-state index in [1.807, 2.05) is 4.90 Å². The topological polar surface area (TPSA) is 38.8 Å². The minimum absolute atomic E-state index is 0.120. The van der Waals surface area contributed by atoms with Gasteiger partial charge in [-0.25, -0.2) is 4.79 Å². The summed E-state index contributed by atoms with van der Waals surface area (Å²) >= 11 is 0. The molecule has 23 heavy (non-hydrogen) atoms. The van der Waals surface area contributed by atoms with Gasteiger partial charge in [0.1, 0.15) is 0 Å². The van der Waals surface area contributed by atoms with Gasteiger partial charge in [-0.15, -0.1) is 0 Å². The van der Waals surface area contributed by atoms with Crippen LogP contribution in [0.5, 0.6) is 0 Å². The van der Waals surface area contributed by atoms with Gasteiger partial charge in [0.05, 0.1) is 0 Å². The molecule has 1 N–H and O–H groups in total. The van der Waals surface area contributed by atoms with E-state index in [1.165, 1.54) is 37.7 Å². The second-order valence-corrected chi connectivity index (χ2v) is 7.08. The van der Waals surface area contributed by atoms with Crippen LogP contribution >= 0.6 is 0 Å². The van der Waals surface area contributed by atoms with Crippen LogP contribution in [0.2, 0.25) is 0 Å². The smallest absolute Gasteiger partial charge is 0.317 e. The van der Waals surface area contributed by atoms with Gasteiger partial charge >= 0.3 is 6.03 Å². The first kappa shape index (κ1) is 18.3. The molecule has 1 saturated heterocycles.